The van der Waals surface area contributed by atoms with Gasteiger partial charge in [0.2, 0.25) is 0 Å². The van der Waals surface area contributed by atoms with Crippen LogP contribution in [0.2, 0.25) is 5.02 Å². The lowest BCUT2D eigenvalue weighted by atomic mass is 9.99. The molecular formula is C20H12ClN3S. The molecule has 0 spiro atoms. The second-order valence-corrected chi connectivity index (χ2v) is 6.57. The van der Waals surface area contributed by atoms with Gasteiger partial charge in [-0.2, -0.15) is 10.5 Å². The highest BCUT2D eigenvalue weighted by Gasteiger charge is 2.15. The van der Waals surface area contributed by atoms with E-state index in [4.69, 9.17) is 16.9 Å². The highest BCUT2D eigenvalue weighted by Crippen LogP contribution is 2.34. The molecule has 0 aliphatic carbocycles. The van der Waals surface area contributed by atoms with Crippen molar-refractivity contribution in [2.24, 2.45) is 0 Å². The molecule has 0 radical (unpaired) electrons. The highest BCUT2D eigenvalue weighted by atomic mass is 35.5. The van der Waals surface area contributed by atoms with E-state index in [1.165, 1.54) is 11.8 Å². The Balaban J connectivity index is 2.22. The van der Waals surface area contributed by atoms with Crippen molar-refractivity contribution in [2.45, 2.75) is 5.03 Å². The molecule has 0 aliphatic rings. The van der Waals surface area contributed by atoms with Crippen molar-refractivity contribution < 1.29 is 0 Å². The van der Waals surface area contributed by atoms with Crippen molar-refractivity contribution in [3.8, 4) is 34.5 Å². The molecule has 25 heavy (non-hydrogen) atoms. The minimum absolute atomic E-state index is 0.236. The summed E-state index contributed by atoms with van der Waals surface area (Å²) in [6, 6.07) is 23.4. The van der Waals surface area contributed by atoms with Gasteiger partial charge in [-0.25, -0.2) is 4.98 Å². The summed E-state index contributed by atoms with van der Waals surface area (Å²) in [5.74, 6) is 0.236. The van der Waals surface area contributed by atoms with Crippen LogP contribution in [0, 0.1) is 22.7 Å². The zero-order valence-corrected chi connectivity index (χ0v) is 14.7. The Morgan fingerprint density at radius 2 is 1.68 bits per heavy atom. The number of benzene rings is 2. The molecule has 0 saturated carbocycles. The zero-order valence-electron chi connectivity index (χ0n) is 13.1. The summed E-state index contributed by atoms with van der Waals surface area (Å²) >= 11 is 7.25. The van der Waals surface area contributed by atoms with Crippen molar-refractivity contribution in [3.63, 3.8) is 0 Å². The van der Waals surface area contributed by atoms with Gasteiger partial charge in [0.15, 0.2) is 0 Å². The number of hydrogen-bond acceptors (Lipinski definition) is 4. The minimum atomic E-state index is 0.236. The molecule has 0 amide bonds. The molecule has 2 aromatic carbocycles. The number of nitriles is 2. The van der Waals surface area contributed by atoms with Crippen LogP contribution < -0.4 is 0 Å². The Morgan fingerprint density at radius 3 is 2.32 bits per heavy atom. The van der Waals surface area contributed by atoms with Gasteiger partial charge in [-0.05, 0) is 23.8 Å². The van der Waals surface area contributed by atoms with Crippen LogP contribution in [0.4, 0.5) is 0 Å². The Hall–Kier alpha value is -2.79. The van der Waals surface area contributed by atoms with Gasteiger partial charge in [0.1, 0.15) is 11.1 Å². The number of halogens is 1. The van der Waals surface area contributed by atoms with Crippen LogP contribution in [0.1, 0.15) is 5.56 Å². The molecule has 0 N–H and O–H groups in total. The summed E-state index contributed by atoms with van der Waals surface area (Å²) in [4.78, 5) is 4.62. The minimum Gasteiger partial charge on any atom is -0.240 e. The van der Waals surface area contributed by atoms with Crippen molar-refractivity contribution in [1.82, 2.24) is 4.98 Å². The Labute approximate surface area is 155 Å². The van der Waals surface area contributed by atoms with E-state index in [0.29, 0.717) is 15.6 Å². The fourth-order valence-corrected chi connectivity index (χ4v) is 3.24. The number of rotatable bonds is 4. The molecule has 0 unspecified atom stereocenters. The molecular weight excluding hydrogens is 350 g/mol. The molecule has 1 aromatic heterocycles. The normalized spacial score (nSPS) is 10.0. The molecule has 3 rings (SSSR count). The number of hydrogen-bond donors (Lipinski definition) is 0. The average Bonchev–Trinajstić information content (AvgIpc) is 2.67. The molecule has 0 bridgehead atoms. The molecule has 0 aliphatic heterocycles. The fraction of sp³-hybridized carbons (Fsp3) is 0.0500. The first-order valence-corrected chi connectivity index (χ1v) is 8.85. The number of aromatic nitrogens is 1. The Bertz CT molecular complexity index is 971. The van der Waals surface area contributed by atoms with Gasteiger partial charge >= 0.3 is 0 Å². The van der Waals surface area contributed by atoms with E-state index >= 15 is 0 Å². The van der Waals surface area contributed by atoms with Gasteiger partial charge in [0.25, 0.3) is 0 Å². The number of thioether (sulfide) groups is 1. The van der Waals surface area contributed by atoms with Crippen LogP contribution in [-0.4, -0.2) is 10.7 Å². The molecule has 1 heterocycles. The maximum absolute atomic E-state index is 9.66. The predicted octanol–water partition coefficient (Wildman–Crippen LogP) is 5.56. The van der Waals surface area contributed by atoms with Crippen molar-refractivity contribution in [2.75, 3.05) is 5.75 Å². The van der Waals surface area contributed by atoms with Gasteiger partial charge in [0, 0.05) is 16.1 Å². The maximum atomic E-state index is 9.66. The summed E-state index contributed by atoms with van der Waals surface area (Å²) in [5.41, 5.74) is 3.88. The van der Waals surface area contributed by atoms with Gasteiger partial charge in [-0.1, -0.05) is 65.8 Å². The van der Waals surface area contributed by atoms with Gasteiger partial charge in [0.05, 0.1) is 23.1 Å². The first kappa shape index (κ1) is 17.0. The van der Waals surface area contributed by atoms with Crippen LogP contribution >= 0.6 is 23.4 Å². The average molecular weight is 362 g/mol. The van der Waals surface area contributed by atoms with Crippen LogP contribution in [0.3, 0.4) is 0 Å². The monoisotopic (exact) mass is 361 g/mol. The summed E-state index contributed by atoms with van der Waals surface area (Å²) < 4.78 is 0. The topological polar surface area (TPSA) is 60.5 Å². The first-order chi connectivity index (χ1) is 12.2. The largest absolute Gasteiger partial charge is 0.240 e. The van der Waals surface area contributed by atoms with Crippen molar-refractivity contribution in [3.05, 3.63) is 71.2 Å². The third-order valence-electron chi connectivity index (χ3n) is 3.60. The van der Waals surface area contributed by atoms with E-state index in [1.807, 2.05) is 48.5 Å². The Kier molecular flexibility index (Phi) is 5.36. The van der Waals surface area contributed by atoms with E-state index in [9.17, 15) is 5.26 Å². The van der Waals surface area contributed by atoms with E-state index in [1.54, 1.807) is 12.1 Å². The third kappa shape index (κ3) is 3.83. The molecule has 3 aromatic rings. The summed E-state index contributed by atoms with van der Waals surface area (Å²) in [5, 5.41) is 19.8. The van der Waals surface area contributed by atoms with Crippen LogP contribution in [0.25, 0.3) is 22.4 Å². The van der Waals surface area contributed by atoms with Gasteiger partial charge in [-0.15, -0.1) is 0 Å². The summed E-state index contributed by atoms with van der Waals surface area (Å²) in [7, 11) is 0. The second kappa shape index (κ2) is 7.85. The fourth-order valence-electron chi connectivity index (χ4n) is 2.45. The molecule has 0 fully saturated rings. The lowest BCUT2D eigenvalue weighted by Crippen LogP contribution is -1.96. The lowest BCUT2D eigenvalue weighted by molar-refractivity contribution is 1.12. The van der Waals surface area contributed by atoms with E-state index in [-0.39, 0.29) is 5.75 Å². The maximum Gasteiger partial charge on any atom is 0.116 e. The van der Waals surface area contributed by atoms with Gasteiger partial charge in [-0.3, -0.25) is 0 Å². The molecule has 3 nitrogen and oxygen atoms in total. The molecule has 0 saturated heterocycles. The number of pyridine rings is 1. The van der Waals surface area contributed by atoms with Gasteiger partial charge < -0.3 is 0 Å². The van der Waals surface area contributed by atoms with E-state index < -0.39 is 0 Å². The third-order valence-corrected chi connectivity index (χ3v) is 4.69. The van der Waals surface area contributed by atoms with E-state index in [0.717, 1.165) is 22.4 Å². The lowest BCUT2D eigenvalue weighted by Gasteiger charge is -2.12. The van der Waals surface area contributed by atoms with Crippen molar-refractivity contribution in [1.29, 1.82) is 10.5 Å². The zero-order chi connectivity index (χ0) is 17.6. The molecule has 120 valence electrons. The van der Waals surface area contributed by atoms with Crippen LogP contribution in [0.5, 0.6) is 0 Å². The smallest absolute Gasteiger partial charge is 0.116 e. The molecule has 5 heteroatoms. The SMILES string of the molecule is N#CCSc1nc(-c2ccccc2)cc(-c2ccc(Cl)cc2)c1C#N. The quantitative estimate of drug-likeness (QED) is 0.571. The second-order valence-electron chi connectivity index (χ2n) is 5.17. The molecule has 0 atom stereocenters. The first-order valence-electron chi connectivity index (χ1n) is 7.49. The van der Waals surface area contributed by atoms with E-state index in [2.05, 4.69) is 17.1 Å². The highest BCUT2D eigenvalue weighted by molar-refractivity contribution is 7.99. The summed E-state index contributed by atoms with van der Waals surface area (Å²) in [6.07, 6.45) is 0. The predicted molar refractivity (Wildman–Crippen MR) is 101 cm³/mol. The standard InChI is InChI=1S/C20H12ClN3S/c21-16-8-6-14(7-9-16)17-12-19(15-4-2-1-3-5-15)24-20(18(17)13-23)25-11-10-22/h1-9,12H,11H2. The summed E-state index contributed by atoms with van der Waals surface area (Å²) in [6.45, 7) is 0. The van der Waals surface area contributed by atoms with Crippen LogP contribution in [-0.2, 0) is 0 Å². The Morgan fingerprint density at radius 1 is 0.960 bits per heavy atom. The number of nitrogens with zero attached hydrogens (tertiary/aromatic N) is 3. The van der Waals surface area contributed by atoms with Crippen molar-refractivity contribution >= 4 is 23.4 Å². The van der Waals surface area contributed by atoms with Crippen LogP contribution in [0.15, 0.2) is 65.7 Å².